The van der Waals surface area contributed by atoms with Crippen LogP contribution in [0.1, 0.15) is 24.0 Å². The van der Waals surface area contributed by atoms with E-state index < -0.39 is 0 Å². The summed E-state index contributed by atoms with van der Waals surface area (Å²) in [5.74, 6) is 0. The monoisotopic (exact) mass is 228 g/mol. The van der Waals surface area contributed by atoms with Crippen LogP contribution < -0.4 is 5.32 Å². The number of anilines is 1. The van der Waals surface area contributed by atoms with Crippen LogP contribution in [0.15, 0.2) is 29.5 Å². The number of hydrogen-bond donors (Lipinski definition) is 1. The van der Waals surface area contributed by atoms with E-state index in [-0.39, 0.29) is 0 Å². The normalized spacial score (nSPS) is 22.5. The summed E-state index contributed by atoms with van der Waals surface area (Å²) in [6.45, 7) is 2.16. The Morgan fingerprint density at radius 2 is 2.00 bits per heavy atom. The van der Waals surface area contributed by atoms with E-state index in [1.54, 1.807) is 5.57 Å². The maximum atomic E-state index is 3.67. The fourth-order valence-electron chi connectivity index (χ4n) is 2.62. The molecule has 1 aliphatic heterocycles. The quantitative estimate of drug-likeness (QED) is 0.795. The van der Waals surface area contributed by atoms with Gasteiger partial charge in [0.05, 0.1) is 6.04 Å². The van der Waals surface area contributed by atoms with Crippen LogP contribution >= 0.6 is 0 Å². The highest BCUT2D eigenvalue weighted by Crippen LogP contribution is 2.38. The van der Waals surface area contributed by atoms with Gasteiger partial charge in [-0.2, -0.15) is 0 Å². The van der Waals surface area contributed by atoms with Crippen molar-refractivity contribution in [2.24, 2.45) is 0 Å². The number of fused-ring (bicyclic) bond motifs is 1. The van der Waals surface area contributed by atoms with Gasteiger partial charge in [-0.1, -0.05) is 12.1 Å². The number of rotatable bonds is 1. The van der Waals surface area contributed by atoms with E-state index in [4.69, 9.17) is 0 Å². The molecule has 0 spiro atoms. The summed E-state index contributed by atoms with van der Waals surface area (Å²) >= 11 is 0. The number of nitrogens with zero attached hydrogens (tertiary/aromatic N) is 1. The number of benzene rings is 1. The second kappa shape index (κ2) is 3.88. The van der Waals surface area contributed by atoms with Crippen molar-refractivity contribution >= 4 is 5.69 Å². The van der Waals surface area contributed by atoms with Crippen LogP contribution in [0.25, 0.3) is 0 Å². The third kappa shape index (κ3) is 1.98. The van der Waals surface area contributed by atoms with E-state index in [2.05, 4.69) is 49.4 Å². The molecule has 1 saturated carbocycles. The van der Waals surface area contributed by atoms with Crippen molar-refractivity contribution in [3.8, 4) is 0 Å². The summed E-state index contributed by atoms with van der Waals surface area (Å²) in [6.07, 6.45) is 3.70. The minimum absolute atomic E-state index is 0.530. The molecule has 2 nitrogen and oxygen atoms in total. The van der Waals surface area contributed by atoms with Gasteiger partial charge in [-0.05, 0) is 63.0 Å². The molecule has 1 aromatic carbocycles. The highest BCUT2D eigenvalue weighted by molar-refractivity contribution is 5.62. The van der Waals surface area contributed by atoms with Gasteiger partial charge in [0.2, 0.25) is 0 Å². The lowest BCUT2D eigenvalue weighted by molar-refractivity contribution is 0.325. The van der Waals surface area contributed by atoms with E-state index >= 15 is 0 Å². The average Bonchev–Trinajstić information content (AvgIpc) is 3.10. The first kappa shape index (κ1) is 10.8. The third-order valence-corrected chi connectivity index (χ3v) is 3.79. The molecule has 0 saturated heterocycles. The number of aryl methyl sites for hydroxylation is 1. The van der Waals surface area contributed by atoms with Crippen molar-refractivity contribution in [2.75, 3.05) is 19.4 Å². The van der Waals surface area contributed by atoms with Gasteiger partial charge in [-0.15, -0.1) is 0 Å². The molecule has 1 heterocycles. The van der Waals surface area contributed by atoms with Gasteiger partial charge in [0.25, 0.3) is 0 Å². The molecular weight excluding hydrogens is 208 g/mol. The molecule has 1 aromatic rings. The molecule has 2 aliphatic rings. The maximum Gasteiger partial charge on any atom is 0.0534 e. The Morgan fingerprint density at radius 3 is 2.65 bits per heavy atom. The van der Waals surface area contributed by atoms with Gasteiger partial charge >= 0.3 is 0 Å². The highest BCUT2D eigenvalue weighted by Gasteiger charge is 2.30. The minimum atomic E-state index is 0.530. The maximum absolute atomic E-state index is 3.67. The number of likely N-dealkylation sites (N-methyl/N-ethyl adjacent to an activating group) is 1. The van der Waals surface area contributed by atoms with Gasteiger partial charge < -0.3 is 10.2 Å². The second-order valence-corrected chi connectivity index (χ2v) is 5.49. The van der Waals surface area contributed by atoms with Crippen molar-refractivity contribution in [3.05, 3.63) is 40.6 Å². The van der Waals surface area contributed by atoms with E-state index in [1.807, 2.05) is 0 Å². The van der Waals surface area contributed by atoms with Gasteiger partial charge in [-0.25, -0.2) is 0 Å². The average molecular weight is 228 g/mol. The van der Waals surface area contributed by atoms with E-state index in [1.165, 1.54) is 35.4 Å². The molecule has 0 aromatic heterocycles. The molecule has 1 unspecified atom stereocenters. The highest BCUT2D eigenvalue weighted by atomic mass is 15.1. The van der Waals surface area contributed by atoms with Crippen LogP contribution in [-0.4, -0.2) is 25.0 Å². The topological polar surface area (TPSA) is 15.3 Å². The number of allylic oxidation sites excluding steroid dienone is 1. The first-order valence-corrected chi connectivity index (χ1v) is 6.40. The lowest BCUT2D eigenvalue weighted by Crippen LogP contribution is -2.37. The Labute approximate surface area is 103 Å². The first-order chi connectivity index (χ1) is 8.15. The summed E-state index contributed by atoms with van der Waals surface area (Å²) < 4.78 is 0. The van der Waals surface area contributed by atoms with E-state index in [9.17, 15) is 0 Å². The zero-order valence-electron chi connectivity index (χ0n) is 10.9. The molecule has 0 bridgehead atoms. The van der Waals surface area contributed by atoms with Crippen LogP contribution in [0.5, 0.6) is 0 Å². The molecule has 1 atom stereocenters. The molecule has 17 heavy (non-hydrogen) atoms. The van der Waals surface area contributed by atoms with Crippen LogP contribution in [0.4, 0.5) is 5.69 Å². The summed E-state index contributed by atoms with van der Waals surface area (Å²) in [4.78, 5) is 2.33. The zero-order chi connectivity index (χ0) is 12.0. The largest absolute Gasteiger partial charge is 0.357 e. The summed E-state index contributed by atoms with van der Waals surface area (Å²) in [5, 5.41) is 3.67. The molecule has 0 amide bonds. The Morgan fingerprint density at radius 1 is 1.24 bits per heavy atom. The summed E-state index contributed by atoms with van der Waals surface area (Å²) in [7, 11) is 4.35. The van der Waals surface area contributed by atoms with Crippen LogP contribution in [0.2, 0.25) is 0 Å². The fraction of sp³-hybridized carbons (Fsp3) is 0.467. The lowest BCUT2D eigenvalue weighted by Gasteiger charge is -2.33. The lowest BCUT2D eigenvalue weighted by atomic mass is 9.94. The molecule has 1 aliphatic carbocycles. The second-order valence-electron chi connectivity index (χ2n) is 5.49. The summed E-state index contributed by atoms with van der Waals surface area (Å²) in [6, 6.07) is 7.28. The molecule has 90 valence electrons. The molecule has 1 fully saturated rings. The van der Waals surface area contributed by atoms with Gasteiger partial charge in [0, 0.05) is 11.4 Å². The van der Waals surface area contributed by atoms with E-state index in [0.29, 0.717) is 6.04 Å². The molecule has 0 radical (unpaired) electrons. The number of hydrogen-bond acceptors (Lipinski definition) is 2. The molecule has 3 rings (SSSR count). The van der Waals surface area contributed by atoms with Crippen molar-refractivity contribution in [3.63, 3.8) is 0 Å². The van der Waals surface area contributed by atoms with Crippen molar-refractivity contribution in [1.82, 2.24) is 4.90 Å². The predicted octanol–water partition coefficient (Wildman–Crippen LogP) is 2.94. The Bertz CT molecular complexity index is 480. The van der Waals surface area contributed by atoms with E-state index in [0.717, 1.165) is 6.42 Å². The molecule has 2 heteroatoms. The Hall–Kier alpha value is -1.28. The zero-order valence-corrected chi connectivity index (χ0v) is 10.9. The van der Waals surface area contributed by atoms with Crippen LogP contribution in [-0.2, 0) is 6.42 Å². The summed E-state index contributed by atoms with van der Waals surface area (Å²) in [5.41, 5.74) is 7.18. The fourth-order valence-corrected chi connectivity index (χ4v) is 2.62. The number of nitrogens with one attached hydrogen (secondary N) is 1. The Kier molecular flexibility index (Phi) is 2.48. The van der Waals surface area contributed by atoms with Gasteiger partial charge in [-0.3, -0.25) is 0 Å². The SMILES string of the molecule is Cc1ccc2c(c1)NC(=C1CC1)C(N(C)C)C2. The van der Waals surface area contributed by atoms with Crippen molar-refractivity contribution in [2.45, 2.75) is 32.2 Å². The third-order valence-electron chi connectivity index (χ3n) is 3.79. The predicted molar refractivity (Wildman–Crippen MR) is 72.2 cm³/mol. The van der Waals surface area contributed by atoms with Crippen LogP contribution in [0.3, 0.4) is 0 Å². The molecule has 1 N–H and O–H groups in total. The van der Waals surface area contributed by atoms with Crippen molar-refractivity contribution < 1.29 is 0 Å². The van der Waals surface area contributed by atoms with Gasteiger partial charge in [0.15, 0.2) is 0 Å². The van der Waals surface area contributed by atoms with Crippen LogP contribution in [0, 0.1) is 6.92 Å². The molecular formula is C15H20N2. The standard InChI is InChI=1S/C15H20N2/c1-10-4-5-12-9-14(17(2)3)15(11-6-7-11)16-13(12)8-10/h4-5,8,14,16H,6-7,9H2,1-3H3. The Balaban J connectivity index is 2.02. The van der Waals surface area contributed by atoms with Crippen molar-refractivity contribution in [1.29, 1.82) is 0 Å². The van der Waals surface area contributed by atoms with Gasteiger partial charge in [0.1, 0.15) is 0 Å². The smallest absolute Gasteiger partial charge is 0.0534 e. The first-order valence-electron chi connectivity index (χ1n) is 6.40. The minimum Gasteiger partial charge on any atom is -0.357 e.